The Morgan fingerprint density at radius 3 is 2.67 bits per heavy atom. The Bertz CT molecular complexity index is 2000. The first kappa shape index (κ1) is 29.9. The molecule has 12 heteroatoms. The van der Waals surface area contributed by atoms with Gasteiger partial charge in [0, 0.05) is 36.7 Å². The van der Waals surface area contributed by atoms with Crippen LogP contribution in [0.5, 0.6) is 5.75 Å². The van der Waals surface area contributed by atoms with E-state index in [0.717, 1.165) is 35.6 Å². The number of fused-ring (bicyclic) bond motifs is 2. The molecule has 0 saturated heterocycles. The number of nitrogens with two attached hydrogens (primary N) is 1. The molecule has 4 heterocycles. The van der Waals surface area contributed by atoms with Gasteiger partial charge < -0.3 is 25.1 Å². The standard InChI is InChI=1S/C33H34FN7O4/c1-19(41-32-28(31(35)36-18-37-32)29(38-41)21-15-22(34)17-23(42)16-21)30-27(24-7-4-5-8-25(24)33(44)45-30)20-10-13-40(14-11-20)26(43)9-6-12-39(2)3/h4-5,7-8,10,15-19,42H,6,9,11-14H2,1-3H3,(H2,35,36,37). The molecule has 1 aliphatic rings. The van der Waals surface area contributed by atoms with E-state index in [1.165, 1.54) is 18.5 Å². The SMILES string of the molecule is CC(c1oc(=O)c2ccccc2c1C1=CCN(C(=O)CCCN(C)C)CC1)n1nc(-c2cc(O)cc(F)c2)c2c(N)ncnc21. The summed E-state index contributed by atoms with van der Waals surface area (Å²) in [5.41, 5.74) is 8.40. The minimum atomic E-state index is -0.670. The van der Waals surface area contributed by atoms with Gasteiger partial charge in [-0.3, -0.25) is 4.79 Å². The minimum absolute atomic E-state index is 0.112. The number of aromatic hydroxyl groups is 1. The Kier molecular flexibility index (Phi) is 8.07. The van der Waals surface area contributed by atoms with Crippen molar-refractivity contribution in [3.63, 3.8) is 0 Å². The number of carbonyl (C=O) groups is 1. The zero-order valence-corrected chi connectivity index (χ0v) is 25.3. The first-order valence-corrected chi connectivity index (χ1v) is 14.8. The molecule has 0 spiro atoms. The number of nitrogens with zero attached hydrogens (tertiary/aromatic N) is 6. The van der Waals surface area contributed by atoms with Crippen molar-refractivity contribution in [1.82, 2.24) is 29.5 Å². The average molecular weight is 612 g/mol. The van der Waals surface area contributed by atoms with E-state index in [2.05, 4.69) is 14.9 Å². The fourth-order valence-corrected chi connectivity index (χ4v) is 5.96. The first-order valence-electron chi connectivity index (χ1n) is 14.8. The zero-order chi connectivity index (χ0) is 31.8. The molecule has 5 aromatic rings. The smallest absolute Gasteiger partial charge is 0.343 e. The van der Waals surface area contributed by atoms with Crippen molar-refractivity contribution in [3.8, 4) is 17.0 Å². The largest absolute Gasteiger partial charge is 0.508 e. The second kappa shape index (κ2) is 12.1. The summed E-state index contributed by atoms with van der Waals surface area (Å²) in [4.78, 5) is 38.7. The third kappa shape index (κ3) is 5.76. The van der Waals surface area contributed by atoms with Crippen LogP contribution in [0.25, 0.3) is 38.6 Å². The van der Waals surface area contributed by atoms with Crippen molar-refractivity contribution in [3.05, 3.63) is 82.4 Å². The highest BCUT2D eigenvalue weighted by molar-refractivity contribution is 5.99. The van der Waals surface area contributed by atoms with Crippen LogP contribution in [0.1, 0.15) is 43.6 Å². The number of rotatable bonds is 8. The quantitative estimate of drug-likeness (QED) is 0.257. The van der Waals surface area contributed by atoms with E-state index in [9.17, 15) is 19.1 Å². The predicted molar refractivity (Wildman–Crippen MR) is 170 cm³/mol. The fraction of sp³-hybridized carbons (Fsp3) is 0.303. The van der Waals surface area contributed by atoms with E-state index in [-0.39, 0.29) is 28.7 Å². The number of nitrogen functional groups attached to an aromatic ring is 1. The topological polar surface area (TPSA) is 144 Å². The van der Waals surface area contributed by atoms with Crippen LogP contribution in [0.15, 0.2) is 64.1 Å². The third-order valence-electron chi connectivity index (χ3n) is 8.16. The van der Waals surface area contributed by atoms with Gasteiger partial charge in [-0.25, -0.2) is 23.8 Å². The highest BCUT2D eigenvalue weighted by Gasteiger charge is 2.29. The predicted octanol–water partition coefficient (Wildman–Crippen LogP) is 4.59. The van der Waals surface area contributed by atoms with Crippen molar-refractivity contribution >= 4 is 39.1 Å². The van der Waals surface area contributed by atoms with E-state index in [1.54, 1.807) is 16.8 Å². The lowest BCUT2D eigenvalue weighted by Crippen LogP contribution is -2.35. The molecule has 6 rings (SSSR count). The number of amides is 1. The average Bonchev–Trinajstić information content (AvgIpc) is 3.41. The van der Waals surface area contributed by atoms with Crippen LogP contribution < -0.4 is 11.4 Å². The van der Waals surface area contributed by atoms with Crippen LogP contribution in [-0.2, 0) is 4.79 Å². The Hall–Kier alpha value is -5.10. The van der Waals surface area contributed by atoms with E-state index in [4.69, 9.17) is 15.2 Å². The summed E-state index contributed by atoms with van der Waals surface area (Å²) in [6, 6.07) is 10.2. The Morgan fingerprint density at radius 2 is 1.96 bits per heavy atom. The second-order valence-corrected chi connectivity index (χ2v) is 11.5. The van der Waals surface area contributed by atoms with E-state index in [1.807, 2.05) is 44.1 Å². The highest BCUT2D eigenvalue weighted by Crippen LogP contribution is 2.38. The number of hydrogen-bond donors (Lipinski definition) is 2. The molecule has 1 unspecified atom stereocenters. The van der Waals surface area contributed by atoms with Crippen molar-refractivity contribution in [2.45, 2.75) is 32.2 Å². The maximum absolute atomic E-state index is 14.3. The van der Waals surface area contributed by atoms with Gasteiger partial charge in [-0.05, 0) is 69.6 Å². The second-order valence-electron chi connectivity index (χ2n) is 11.5. The molecular formula is C33H34FN7O4. The number of phenolic OH excluding ortho intramolecular Hbond substituents is 1. The number of hydrogen-bond acceptors (Lipinski definition) is 9. The number of carbonyl (C=O) groups excluding carboxylic acids is 1. The normalized spacial score (nSPS) is 14.3. The van der Waals surface area contributed by atoms with Gasteiger partial charge >= 0.3 is 5.63 Å². The summed E-state index contributed by atoms with van der Waals surface area (Å²) in [7, 11) is 3.98. The number of anilines is 1. The summed E-state index contributed by atoms with van der Waals surface area (Å²) in [6.45, 7) is 3.66. The molecule has 0 bridgehead atoms. The molecule has 1 atom stereocenters. The number of halogens is 1. The van der Waals surface area contributed by atoms with Crippen LogP contribution in [0, 0.1) is 5.82 Å². The van der Waals surface area contributed by atoms with E-state index in [0.29, 0.717) is 48.1 Å². The Labute approximate surface area is 258 Å². The van der Waals surface area contributed by atoms with Gasteiger partial charge in [-0.2, -0.15) is 5.10 Å². The maximum atomic E-state index is 14.3. The van der Waals surface area contributed by atoms with Crippen LogP contribution in [-0.4, -0.2) is 74.3 Å². The van der Waals surface area contributed by atoms with Gasteiger partial charge in [0.05, 0.1) is 10.8 Å². The lowest BCUT2D eigenvalue weighted by Gasteiger charge is -2.28. The van der Waals surface area contributed by atoms with Gasteiger partial charge in [0.25, 0.3) is 0 Å². The molecule has 0 aliphatic carbocycles. The van der Waals surface area contributed by atoms with Gasteiger partial charge in [0.15, 0.2) is 5.65 Å². The molecule has 3 N–H and O–H groups in total. The van der Waals surface area contributed by atoms with Crippen molar-refractivity contribution in [1.29, 1.82) is 0 Å². The minimum Gasteiger partial charge on any atom is -0.508 e. The van der Waals surface area contributed by atoms with E-state index < -0.39 is 17.5 Å². The molecule has 2 aromatic carbocycles. The maximum Gasteiger partial charge on any atom is 0.343 e. The van der Waals surface area contributed by atoms with Crippen molar-refractivity contribution < 1.29 is 18.7 Å². The number of phenols is 1. The molecule has 1 amide bonds. The van der Waals surface area contributed by atoms with E-state index >= 15 is 0 Å². The van der Waals surface area contributed by atoms with Gasteiger partial charge in [-0.1, -0.05) is 24.3 Å². The van der Waals surface area contributed by atoms with Crippen molar-refractivity contribution in [2.75, 3.05) is 39.5 Å². The lowest BCUT2D eigenvalue weighted by molar-refractivity contribution is -0.130. The molecule has 11 nitrogen and oxygen atoms in total. The molecule has 0 saturated carbocycles. The third-order valence-corrected chi connectivity index (χ3v) is 8.16. The summed E-state index contributed by atoms with van der Waals surface area (Å²) in [5.74, 6) is -0.308. The molecule has 45 heavy (non-hydrogen) atoms. The zero-order valence-electron chi connectivity index (χ0n) is 25.3. The monoisotopic (exact) mass is 611 g/mol. The molecule has 232 valence electrons. The lowest BCUT2D eigenvalue weighted by atomic mass is 9.92. The highest BCUT2D eigenvalue weighted by atomic mass is 19.1. The van der Waals surface area contributed by atoms with Crippen LogP contribution in [0.4, 0.5) is 10.2 Å². The van der Waals surface area contributed by atoms with Gasteiger partial charge in [0.1, 0.15) is 41.2 Å². The van der Waals surface area contributed by atoms with Crippen LogP contribution in [0.2, 0.25) is 0 Å². The molecule has 3 aromatic heterocycles. The number of benzene rings is 2. The van der Waals surface area contributed by atoms with Gasteiger partial charge in [0.2, 0.25) is 5.91 Å². The first-order chi connectivity index (χ1) is 21.6. The fourth-order valence-electron chi connectivity index (χ4n) is 5.96. The molecule has 0 fully saturated rings. The molecule has 0 radical (unpaired) electrons. The summed E-state index contributed by atoms with van der Waals surface area (Å²) >= 11 is 0. The molecular weight excluding hydrogens is 577 g/mol. The summed E-state index contributed by atoms with van der Waals surface area (Å²) < 4.78 is 22.0. The Balaban J connectivity index is 1.46. The van der Waals surface area contributed by atoms with Crippen LogP contribution >= 0.6 is 0 Å². The van der Waals surface area contributed by atoms with Crippen molar-refractivity contribution in [2.24, 2.45) is 0 Å². The number of aromatic nitrogens is 4. The molecule has 1 aliphatic heterocycles. The van der Waals surface area contributed by atoms with Crippen LogP contribution in [0.3, 0.4) is 0 Å². The Morgan fingerprint density at radius 1 is 1.18 bits per heavy atom. The summed E-state index contributed by atoms with van der Waals surface area (Å²) in [6.07, 6.45) is 5.17. The summed E-state index contributed by atoms with van der Waals surface area (Å²) in [5, 5.41) is 16.4. The van der Waals surface area contributed by atoms with Gasteiger partial charge in [-0.15, -0.1) is 0 Å².